The molecule has 0 aliphatic rings. The molecule has 9 nitrogen and oxygen atoms in total. The van der Waals surface area contributed by atoms with Crippen LogP contribution < -0.4 is 14.8 Å². The van der Waals surface area contributed by atoms with Crippen LogP contribution in [0.5, 0.6) is 17.2 Å². The van der Waals surface area contributed by atoms with Crippen LogP contribution in [0.2, 0.25) is 0 Å². The smallest absolute Gasteiger partial charge is 0.312 e. The number of methoxy groups -OCH3 is 1. The van der Waals surface area contributed by atoms with E-state index in [2.05, 4.69) is 10.3 Å². The van der Waals surface area contributed by atoms with Crippen LogP contribution in [0.4, 0.5) is 10.8 Å². The van der Waals surface area contributed by atoms with E-state index in [1.165, 1.54) is 48.9 Å². The quantitative estimate of drug-likeness (QED) is 0.259. The molecular formula is C20H14N4O5S. The van der Waals surface area contributed by atoms with Gasteiger partial charge < -0.3 is 9.47 Å². The monoisotopic (exact) mass is 422 g/mol. The fourth-order valence-corrected chi connectivity index (χ4v) is 2.91. The summed E-state index contributed by atoms with van der Waals surface area (Å²) in [6.07, 6.45) is 2.77. The number of ether oxygens (including phenoxy) is 2. The topological polar surface area (TPSA) is 127 Å². The van der Waals surface area contributed by atoms with E-state index in [0.29, 0.717) is 22.2 Å². The van der Waals surface area contributed by atoms with E-state index < -0.39 is 10.8 Å². The van der Waals surface area contributed by atoms with Gasteiger partial charge in [0.1, 0.15) is 23.1 Å². The number of aromatic nitrogens is 1. The van der Waals surface area contributed by atoms with Crippen molar-refractivity contribution >= 4 is 34.1 Å². The fraction of sp³-hybridized carbons (Fsp3) is 0.0500. The van der Waals surface area contributed by atoms with Gasteiger partial charge in [-0.15, -0.1) is 11.3 Å². The SMILES string of the molecule is COc1ccc(Oc2ccc(C=C(C#N)C(=O)Nc3nccs3)cc2[N+](=O)[O-])cc1. The molecule has 0 atom stereocenters. The molecule has 1 aromatic heterocycles. The average Bonchev–Trinajstić information content (AvgIpc) is 3.26. The molecule has 0 aliphatic heterocycles. The van der Waals surface area contributed by atoms with Gasteiger partial charge in [0, 0.05) is 17.6 Å². The fourth-order valence-electron chi connectivity index (χ4n) is 2.39. The molecule has 0 fully saturated rings. The molecule has 0 bridgehead atoms. The Hall–Kier alpha value is -4.23. The molecule has 0 spiro atoms. The van der Waals surface area contributed by atoms with E-state index in [4.69, 9.17) is 9.47 Å². The standard InChI is InChI=1S/C20H14N4O5S/c1-28-15-3-5-16(6-4-15)29-18-7-2-13(11-17(18)24(26)27)10-14(12-21)19(25)23-20-22-8-9-30-20/h2-11H,1H3,(H,22,23,25). The van der Waals surface area contributed by atoms with Crippen molar-refractivity contribution < 1.29 is 19.2 Å². The van der Waals surface area contributed by atoms with Gasteiger partial charge in [-0.05, 0) is 42.0 Å². The summed E-state index contributed by atoms with van der Waals surface area (Å²) in [5.74, 6) is 0.377. The van der Waals surface area contributed by atoms with E-state index >= 15 is 0 Å². The number of thiazole rings is 1. The summed E-state index contributed by atoms with van der Waals surface area (Å²) in [5, 5.41) is 25.3. The first-order valence-electron chi connectivity index (χ1n) is 8.43. The highest BCUT2D eigenvalue weighted by Gasteiger charge is 2.18. The Labute approximate surface area is 175 Å². The van der Waals surface area contributed by atoms with Crippen LogP contribution in [0.3, 0.4) is 0 Å². The van der Waals surface area contributed by atoms with Crippen molar-refractivity contribution in [2.75, 3.05) is 12.4 Å². The van der Waals surface area contributed by atoms with Gasteiger partial charge in [-0.25, -0.2) is 4.98 Å². The summed E-state index contributed by atoms with van der Waals surface area (Å²) in [5.41, 5.74) is -0.227. The lowest BCUT2D eigenvalue weighted by Crippen LogP contribution is -2.13. The summed E-state index contributed by atoms with van der Waals surface area (Å²) in [6.45, 7) is 0. The van der Waals surface area contributed by atoms with Gasteiger partial charge in [-0.1, -0.05) is 6.07 Å². The maximum atomic E-state index is 12.2. The van der Waals surface area contributed by atoms with Crippen molar-refractivity contribution in [1.82, 2.24) is 4.98 Å². The minimum atomic E-state index is -0.659. The van der Waals surface area contributed by atoms with Crippen LogP contribution in [-0.4, -0.2) is 22.9 Å². The normalized spacial score (nSPS) is 10.7. The zero-order chi connectivity index (χ0) is 21.5. The zero-order valence-corrected chi connectivity index (χ0v) is 16.4. The van der Waals surface area contributed by atoms with Crippen LogP contribution in [0.1, 0.15) is 5.56 Å². The number of nitro groups is 1. The van der Waals surface area contributed by atoms with Crippen LogP contribution in [0.15, 0.2) is 59.6 Å². The van der Waals surface area contributed by atoms with Gasteiger partial charge in [0.15, 0.2) is 5.13 Å². The molecule has 0 unspecified atom stereocenters. The largest absolute Gasteiger partial charge is 0.497 e. The third-order valence-corrected chi connectivity index (χ3v) is 4.48. The summed E-state index contributed by atoms with van der Waals surface area (Å²) in [7, 11) is 1.53. The van der Waals surface area contributed by atoms with Crippen molar-refractivity contribution in [3.63, 3.8) is 0 Å². The van der Waals surface area contributed by atoms with Gasteiger partial charge in [0.05, 0.1) is 12.0 Å². The molecule has 2 aromatic carbocycles. The van der Waals surface area contributed by atoms with E-state index in [1.54, 1.807) is 35.7 Å². The molecule has 1 amide bonds. The molecule has 0 saturated carbocycles. The van der Waals surface area contributed by atoms with Crippen molar-refractivity contribution in [3.8, 4) is 23.3 Å². The number of nitro benzene ring substituents is 1. The number of hydrogen-bond acceptors (Lipinski definition) is 8. The van der Waals surface area contributed by atoms with E-state index in [1.807, 2.05) is 0 Å². The second-order valence-electron chi connectivity index (χ2n) is 5.72. The molecule has 30 heavy (non-hydrogen) atoms. The number of nitriles is 1. The number of rotatable bonds is 7. The highest BCUT2D eigenvalue weighted by molar-refractivity contribution is 7.13. The zero-order valence-electron chi connectivity index (χ0n) is 15.6. The van der Waals surface area contributed by atoms with E-state index in [9.17, 15) is 20.2 Å². The molecule has 150 valence electrons. The van der Waals surface area contributed by atoms with Crippen LogP contribution in [0.25, 0.3) is 6.08 Å². The number of benzene rings is 2. The van der Waals surface area contributed by atoms with Crippen molar-refractivity contribution in [2.45, 2.75) is 0 Å². The average molecular weight is 422 g/mol. The molecule has 1 N–H and O–H groups in total. The molecule has 10 heteroatoms. The lowest BCUT2D eigenvalue weighted by Gasteiger charge is -2.08. The molecule has 0 saturated heterocycles. The first-order chi connectivity index (χ1) is 14.5. The lowest BCUT2D eigenvalue weighted by atomic mass is 10.1. The molecule has 0 aliphatic carbocycles. The molecule has 3 rings (SSSR count). The van der Waals surface area contributed by atoms with Crippen LogP contribution >= 0.6 is 11.3 Å². The summed E-state index contributed by atoms with van der Waals surface area (Å²) >= 11 is 1.20. The maximum Gasteiger partial charge on any atom is 0.312 e. The molecular weight excluding hydrogens is 408 g/mol. The highest BCUT2D eigenvalue weighted by Crippen LogP contribution is 2.33. The maximum absolute atomic E-state index is 12.2. The number of hydrogen-bond donors (Lipinski definition) is 1. The van der Waals surface area contributed by atoms with Gasteiger partial charge in [0.2, 0.25) is 5.75 Å². The Morgan fingerprint density at radius 2 is 2.00 bits per heavy atom. The number of anilines is 1. The van der Waals surface area contributed by atoms with Crippen LogP contribution in [-0.2, 0) is 4.79 Å². The second kappa shape index (κ2) is 9.31. The van der Waals surface area contributed by atoms with Gasteiger partial charge in [-0.2, -0.15) is 5.26 Å². The predicted octanol–water partition coefficient (Wildman–Crippen LogP) is 4.40. The number of nitrogens with one attached hydrogen (secondary N) is 1. The van der Waals surface area contributed by atoms with Gasteiger partial charge in [-0.3, -0.25) is 20.2 Å². The lowest BCUT2D eigenvalue weighted by molar-refractivity contribution is -0.385. The Morgan fingerprint density at radius 3 is 2.60 bits per heavy atom. The van der Waals surface area contributed by atoms with E-state index in [0.717, 1.165) is 0 Å². The summed E-state index contributed by atoms with van der Waals surface area (Å²) in [6, 6.07) is 12.5. The first-order valence-corrected chi connectivity index (χ1v) is 9.31. The summed E-state index contributed by atoms with van der Waals surface area (Å²) in [4.78, 5) is 27.0. The Morgan fingerprint density at radius 1 is 1.27 bits per heavy atom. The van der Waals surface area contributed by atoms with Gasteiger partial charge in [0.25, 0.3) is 5.91 Å². The minimum Gasteiger partial charge on any atom is -0.497 e. The number of amides is 1. The predicted molar refractivity (Wildman–Crippen MR) is 110 cm³/mol. The number of carbonyl (C=O) groups is 1. The Kier molecular flexibility index (Phi) is 6.36. The third kappa shape index (κ3) is 4.98. The summed E-state index contributed by atoms with van der Waals surface area (Å²) < 4.78 is 10.7. The van der Waals surface area contributed by atoms with Crippen molar-refractivity contribution in [3.05, 3.63) is 75.3 Å². The van der Waals surface area contributed by atoms with Crippen LogP contribution in [0, 0.1) is 21.4 Å². The second-order valence-corrected chi connectivity index (χ2v) is 6.62. The molecule has 0 radical (unpaired) electrons. The van der Waals surface area contributed by atoms with E-state index in [-0.39, 0.29) is 17.0 Å². The Bertz CT molecular complexity index is 1140. The minimum absolute atomic E-state index is 0.0214. The highest BCUT2D eigenvalue weighted by atomic mass is 32.1. The van der Waals surface area contributed by atoms with Crippen molar-refractivity contribution in [2.24, 2.45) is 0 Å². The number of carbonyl (C=O) groups excluding carboxylic acids is 1. The molecule has 3 aromatic rings. The van der Waals surface area contributed by atoms with Crippen molar-refractivity contribution in [1.29, 1.82) is 5.26 Å². The molecule has 1 heterocycles. The first kappa shape index (κ1) is 20.5. The van der Waals surface area contributed by atoms with Gasteiger partial charge >= 0.3 is 5.69 Å². The third-order valence-electron chi connectivity index (χ3n) is 3.80. The Balaban J connectivity index is 1.86. The number of nitrogens with zero attached hydrogens (tertiary/aromatic N) is 3.